The van der Waals surface area contributed by atoms with Gasteiger partial charge in [0.25, 0.3) is 0 Å². The van der Waals surface area contributed by atoms with E-state index in [1.165, 1.54) is 0 Å². The van der Waals surface area contributed by atoms with Gasteiger partial charge >= 0.3 is 0 Å². The quantitative estimate of drug-likeness (QED) is 0.746. The van der Waals surface area contributed by atoms with E-state index in [9.17, 15) is 4.79 Å². The predicted octanol–water partition coefficient (Wildman–Crippen LogP) is 2.34. The van der Waals surface area contributed by atoms with E-state index in [1.807, 2.05) is 0 Å². The number of likely N-dealkylation sites (N-methyl/N-ethyl adjacent to an activating group) is 1. The van der Waals surface area contributed by atoms with Crippen LogP contribution in [0, 0.1) is 0 Å². The highest BCUT2D eigenvalue weighted by Crippen LogP contribution is 2.15. The van der Waals surface area contributed by atoms with Crippen LogP contribution in [0.1, 0.15) is 19.3 Å². The van der Waals surface area contributed by atoms with E-state index in [-0.39, 0.29) is 12.5 Å². The number of aliphatic hydroxyl groups is 1. The fraction of sp³-hybridized carbons (Fsp3) is 0.500. The number of halogens is 1. The largest absolute Gasteiger partial charge is 0.492 e. The lowest BCUT2D eigenvalue weighted by atomic mass is 10.2. The number of amides is 1. The summed E-state index contributed by atoms with van der Waals surface area (Å²) in [7, 11) is 1.76. The number of rotatable bonds is 8. The molecular formula is C14H20ClNO3. The standard InChI is InChI=1S/C14H20ClNO3/c1-16(14(18)4-2-3-10-17)9-11-19-13-7-5-12(15)6-8-13/h5-8,17H,2-4,9-11H2,1H3. The van der Waals surface area contributed by atoms with Crippen molar-refractivity contribution < 1.29 is 14.6 Å². The summed E-state index contributed by atoms with van der Waals surface area (Å²) in [6.07, 6.45) is 1.86. The summed E-state index contributed by atoms with van der Waals surface area (Å²) in [5.41, 5.74) is 0. The first-order valence-electron chi connectivity index (χ1n) is 6.36. The minimum Gasteiger partial charge on any atom is -0.492 e. The van der Waals surface area contributed by atoms with Crippen LogP contribution in [0.3, 0.4) is 0 Å². The topological polar surface area (TPSA) is 49.8 Å². The first kappa shape index (κ1) is 15.8. The number of hydrogen-bond acceptors (Lipinski definition) is 3. The molecule has 0 unspecified atom stereocenters. The molecule has 0 atom stereocenters. The molecule has 0 fully saturated rings. The Morgan fingerprint density at radius 3 is 2.63 bits per heavy atom. The van der Waals surface area contributed by atoms with Gasteiger partial charge in [0.15, 0.2) is 0 Å². The molecule has 0 aliphatic heterocycles. The van der Waals surface area contributed by atoms with Gasteiger partial charge in [0.1, 0.15) is 12.4 Å². The van der Waals surface area contributed by atoms with Crippen LogP contribution >= 0.6 is 11.6 Å². The maximum atomic E-state index is 11.7. The summed E-state index contributed by atoms with van der Waals surface area (Å²) in [6.45, 7) is 1.13. The van der Waals surface area contributed by atoms with E-state index in [2.05, 4.69) is 0 Å². The zero-order chi connectivity index (χ0) is 14.1. The maximum Gasteiger partial charge on any atom is 0.222 e. The Hall–Kier alpha value is -1.26. The second-order valence-electron chi connectivity index (χ2n) is 4.30. The molecule has 1 aromatic carbocycles. The van der Waals surface area contributed by atoms with E-state index in [0.29, 0.717) is 31.0 Å². The highest BCUT2D eigenvalue weighted by molar-refractivity contribution is 6.30. The van der Waals surface area contributed by atoms with E-state index in [1.54, 1.807) is 36.2 Å². The number of benzene rings is 1. The lowest BCUT2D eigenvalue weighted by molar-refractivity contribution is -0.130. The van der Waals surface area contributed by atoms with Gasteiger partial charge in [-0.15, -0.1) is 0 Å². The smallest absolute Gasteiger partial charge is 0.222 e. The van der Waals surface area contributed by atoms with Crippen molar-refractivity contribution in [1.29, 1.82) is 0 Å². The second kappa shape index (κ2) is 8.77. The van der Waals surface area contributed by atoms with Crippen LogP contribution < -0.4 is 4.74 Å². The fourth-order valence-corrected chi connectivity index (χ4v) is 1.66. The third kappa shape index (κ3) is 6.45. The van der Waals surface area contributed by atoms with Gasteiger partial charge in [-0.2, -0.15) is 0 Å². The van der Waals surface area contributed by atoms with Crippen molar-refractivity contribution in [2.75, 3.05) is 26.8 Å². The highest BCUT2D eigenvalue weighted by atomic mass is 35.5. The molecule has 0 spiro atoms. The van der Waals surface area contributed by atoms with Gasteiger partial charge in [-0.05, 0) is 37.1 Å². The summed E-state index contributed by atoms with van der Waals surface area (Å²) in [6, 6.07) is 7.12. The van der Waals surface area contributed by atoms with Crippen LogP contribution in [-0.4, -0.2) is 42.7 Å². The molecule has 0 bridgehead atoms. The number of unbranched alkanes of at least 4 members (excludes halogenated alkanes) is 1. The molecule has 4 nitrogen and oxygen atoms in total. The molecule has 0 aromatic heterocycles. The number of nitrogens with zero attached hydrogens (tertiary/aromatic N) is 1. The van der Waals surface area contributed by atoms with Crippen LogP contribution in [0.4, 0.5) is 0 Å². The summed E-state index contributed by atoms with van der Waals surface area (Å²) < 4.78 is 5.51. The average molecular weight is 286 g/mol. The van der Waals surface area contributed by atoms with Gasteiger partial charge in [-0.3, -0.25) is 4.79 Å². The van der Waals surface area contributed by atoms with Gasteiger partial charge in [-0.25, -0.2) is 0 Å². The van der Waals surface area contributed by atoms with Gasteiger partial charge in [-0.1, -0.05) is 11.6 Å². The Kier molecular flexibility index (Phi) is 7.30. The lowest BCUT2D eigenvalue weighted by Gasteiger charge is -2.17. The van der Waals surface area contributed by atoms with E-state index >= 15 is 0 Å². The fourth-order valence-electron chi connectivity index (χ4n) is 1.53. The molecule has 0 aliphatic rings. The SMILES string of the molecule is CN(CCOc1ccc(Cl)cc1)C(=O)CCCCO. The third-order valence-corrected chi connectivity index (χ3v) is 2.99. The van der Waals surface area contributed by atoms with Gasteiger partial charge < -0.3 is 14.7 Å². The number of carbonyl (C=O) groups excluding carboxylic acids is 1. The van der Waals surface area contributed by atoms with Crippen molar-refractivity contribution in [2.45, 2.75) is 19.3 Å². The number of ether oxygens (including phenoxy) is 1. The van der Waals surface area contributed by atoms with Crippen molar-refractivity contribution >= 4 is 17.5 Å². The maximum absolute atomic E-state index is 11.7. The molecule has 0 saturated carbocycles. The Balaban J connectivity index is 2.20. The Bertz CT molecular complexity index is 381. The minimum atomic E-state index is 0.0770. The van der Waals surface area contributed by atoms with Crippen LogP contribution in [0.15, 0.2) is 24.3 Å². The average Bonchev–Trinajstić information content (AvgIpc) is 2.41. The molecule has 1 N–H and O–H groups in total. The Morgan fingerprint density at radius 2 is 2.00 bits per heavy atom. The first-order chi connectivity index (χ1) is 9.13. The first-order valence-corrected chi connectivity index (χ1v) is 6.74. The summed E-state index contributed by atoms with van der Waals surface area (Å²) in [4.78, 5) is 13.3. The monoisotopic (exact) mass is 285 g/mol. The summed E-state index contributed by atoms with van der Waals surface area (Å²) in [5, 5.41) is 9.32. The van der Waals surface area contributed by atoms with Gasteiger partial charge in [0.05, 0.1) is 6.54 Å². The zero-order valence-corrected chi connectivity index (χ0v) is 11.9. The Labute approximate surface area is 118 Å². The van der Waals surface area contributed by atoms with Gasteiger partial charge in [0, 0.05) is 25.1 Å². The van der Waals surface area contributed by atoms with Crippen LogP contribution in [-0.2, 0) is 4.79 Å². The molecule has 19 heavy (non-hydrogen) atoms. The number of carbonyl (C=O) groups is 1. The zero-order valence-electron chi connectivity index (χ0n) is 11.1. The van der Waals surface area contributed by atoms with E-state index in [0.717, 1.165) is 12.2 Å². The Morgan fingerprint density at radius 1 is 1.32 bits per heavy atom. The third-order valence-electron chi connectivity index (χ3n) is 2.73. The van der Waals surface area contributed by atoms with E-state index < -0.39 is 0 Å². The number of aliphatic hydroxyl groups excluding tert-OH is 1. The van der Waals surface area contributed by atoms with Crippen molar-refractivity contribution in [3.05, 3.63) is 29.3 Å². The lowest BCUT2D eigenvalue weighted by Crippen LogP contribution is -2.30. The second-order valence-corrected chi connectivity index (χ2v) is 4.73. The molecule has 0 aliphatic carbocycles. The normalized spacial score (nSPS) is 10.3. The van der Waals surface area contributed by atoms with Crippen molar-refractivity contribution in [1.82, 2.24) is 4.90 Å². The minimum absolute atomic E-state index is 0.0770. The van der Waals surface area contributed by atoms with Gasteiger partial charge in [0.2, 0.25) is 5.91 Å². The van der Waals surface area contributed by atoms with Crippen molar-refractivity contribution in [3.63, 3.8) is 0 Å². The van der Waals surface area contributed by atoms with Crippen LogP contribution in [0.2, 0.25) is 5.02 Å². The number of hydrogen-bond donors (Lipinski definition) is 1. The van der Waals surface area contributed by atoms with E-state index in [4.69, 9.17) is 21.4 Å². The van der Waals surface area contributed by atoms with Crippen LogP contribution in [0.5, 0.6) is 5.75 Å². The highest BCUT2D eigenvalue weighted by Gasteiger charge is 2.07. The molecule has 0 heterocycles. The summed E-state index contributed by atoms with van der Waals surface area (Å²) >= 11 is 5.77. The molecule has 1 aromatic rings. The predicted molar refractivity (Wildman–Crippen MR) is 75.5 cm³/mol. The summed E-state index contributed by atoms with van der Waals surface area (Å²) in [5.74, 6) is 0.818. The van der Waals surface area contributed by atoms with Crippen molar-refractivity contribution in [3.8, 4) is 5.75 Å². The molecule has 1 amide bonds. The molecule has 1 rings (SSSR count). The molecule has 5 heteroatoms. The van der Waals surface area contributed by atoms with Crippen LogP contribution in [0.25, 0.3) is 0 Å². The van der Waals surface area contributed by atoms with Crippen molar-refractivity contribution in [2.24, 2.45) is 0 Å². The molecule has 0 saturated heterocycles. The molecule has 106 valence electrons. The molecule has 0 radical (unpaired) electrons. The molecular weight excluding hydrogens is 266 g/mol.